The van der Waals surface area contributed by atoms with E-state index in [9.17, 15) is 9.59 Å². The Morgan fingerprint density at radius 3 is 2.64 bits per heavy atom. The summed E-state index contributed by atoms with van der Waals surface area (Å²) in [7, 11) is 0. The number of anilines is 1. The molecule has 22 heavy (non-hydrogen) atoms. The maximum atomic E-state index is 12.4. The van der Waals surface area contributed by atoms with Crippen molar-refractivity contribution in [3.8, 4) is 5.75 Å². The van der Waals surface area contributed by atoms with Crippen LogP contribution >= 0.6 is 0 Å². The van der Waals surface area contributed by atoms with E-state index >= 15 is 0 Å². The first-order chi connectivity index (χ1) is 10.6. The molecule has 0 saturated heterocycles. The molecule has 1 heterocycles. The summed E-state index contributed by atoms with van der Waals surface area (Å²) < 4.78 is 5.55. The summed E-state index contributed by atoms with van der Waals surface area (Å²) in [5.41, 5.74) is 1.73. The van der Waals surface area contributed by atoms with Gasteiger partial charge in [0.1, 0.15) is 5.75 Å². The van der Waals surface area contributed by atoms with E-state index in [4.69, 9.17) is 9.84 Å². The van der Waals surface area contributed by atoms with Gasteiger partial charge in [-0.1, -0.05) is 30.3 Å². The molecule has 0 saturated carbocycles. The zero-order chi connectivity index (χ0) is 15.7. The first-order valence-electron chi connectivity index (χ1n) is 6.95. The van der Waals surface area contributed by atoms with Crippen molar-refractivity contribution in [2.24, 2.45) is 0 Å². The van der Waals surface area contributed by atoms with Crippen LogP contribution in [0.2, 0.25) is 0 Å². The van der Waals surface area contributed by atoms with E-state index in [2.05, 4.69) is 0 Å². The van der Waals surface area contributed by atoms with Gasteiger partial charge in [0.15, 0.2) is 6.10 Å². The monoisotopic (exact) mass is 297 g/mol. The van der Waals surface area contributed by atoms with Gasteiger partial charge >= 0.3 is 5.97 Å². The molecule has 1 unspecified atom stereocenters. The molecule has 0 aromatic heterocycles. The quantitative estimate of drug-likeness (QED) is 0.946. The summed E-state index contributed by atoms with van der Waals surface area (Å²) in [6.45, 7) is 2.09. The number of hydrogen-bond acceptors (Lipinski definition) is 3. The highest BCUT2D eigenvalue weighted by Crippen LogP contribution is 2.35. The molecule has 1 aliphatic heterocycles. The van der Waals surface area contributed by atoms with Crippen LogP contribution < -0.4 is 9.64 Å². The minimum absolute atomic E-state index is 0.139. The van der Waals surface area contributed by atoms with E-state index in [0.717, 1.165) is 5.56 Å². The Balaban J connectivity index is 2.00. The summed E-state index contributed by atoms with van der Waals surface area (Å²) in [6, 6.07) is 14.2. The number of fused-ring (bicyclic) bond motifs is 1. The number of carboxylic acids is 1. The summed E-state index contributed by atoms with van der Waals surface area (Å²) in [5, 5.41) is 9.07. The second kappa shape index (κ2) is 5.52. The van der Waals surface area contributed by atoms with Crippen molar-refractivity contribution in [3.63, 3.8) is 0 Å². The standard InChI is InChI=1S/C17H15NO4/c1-11-16(19)18(10-12-5-3-2-4-6-12)14-8-7-13(17(20)21)9-15(14)22-11/h2-9,11H,10H2,1H3,(H,20,21). The average molecular weight is 297 g/mol. The lowest BCUT2D eigenvalue weighted by molar-refractivity contribution is -0.125. The van der Waals surface area contributed by atoms with Gasteiger partial charge in [-0.15, -0.1) is 0 Å². The fourth-order valence-electron chi connectivity index (χ4n) is 2.47. The van der Waals surface area contributed by atoms with Gasteiger partial charge in [0, 0.05) is 0 Å². The van der Waals surface area contributed by atoms with E-state index in [1.165, 1.54) is 12.1 Å². The molecule has 5 nitrogen and oxygen atoms in total. The summed E-state index contributed by atoms with van der Waals surface area (Å²) >= 11 is 0. The molecule has 2 aromatic carbocycles. The van der Waals surface area contributed by atoms with Crippen molar-refractivity contribution in [1.82, 2.24) is 0 Å². The smallest absolute Gasteiger partial charge is 0.335 e. The number of nitrogens with zero attached hydrogens (tertiary/aromatic N) is 1. The highest BCUT2D eigenvalue weighted by Gasteiger charge is 2.32. The third-order valence-electron chi connectivity index (χ3n) is 3.60. The minimum Gasteiger partial charge on any atom is -0.479 e. The third-order valence-corrected chi connectivity index (χ3v) is 3.60. The minimum atomic E-state index is -1.02. The maximum absolute atomic E-state index is 12.4. The predicted molar refractivity (Wildman–Crippen MR) is 81.1 cm³/mol. The Morgan fingerprint density at radius 2 is 1.95 bits per heavy atom. The third kappa shape index (κ3) is 2.53. The summed E-state index contributed by atoms with van der Waals surface area (Å²) in [6.07, 6.45) is -0.639. The zero-order valence-electron chi connectivity index (χ0n) is 12.0. The lowest BCUT2D eigenvalue weighted by Gasteiger charge is -2.33. The lowest BCUT2D eigenvalue weighted by atomic mass is 10.1. The Bertz CT molecular complexity index is 727. The Morgan fingerprint density at radius 1 is 1.23 bits per heavy atom. The molecule has 0 spiro atoms. The molecule has 1 amide bonds. The molecule has 3 rings (SSSR count). The molecule has 0 fully saturated rings. The van der Waals surface area contributed by atoms with Crippen LogP contribution in [0.25, 0.3) is 0 Å². The molecule has 112 valence electrons. The molecule has 1 aliphatic rings. The zero-order valence-corrected chi connectivity index (χ0v) is 12.0. The van der Waals surface area contributed by atoms with Gasteiger partial charge in [-0.25, -0.2) is 4.79 Å². The maximum Gasteiger partial charge on any atom is 0.335 e. The van der Waals surface area contributed by atoms with Crippen molar-refractivity contribution >= 4 is 17.6 Å². The lowest BCUT2D eigenvalue weighted by Crippen LogP contribution is -2.44. The number of benzene rings is 2. The molecular formula is C17H15NO4. The Hall–Kier alpha value is -2.82. The topological polar surface area (TPSA) is 66.8 Å². The van der Waals surface area contributed by atoms with Crippen LogP contribution in [0.1, 0.15) is 22.8 Å². The number of ether oxygens (including phenoxy) is 1. The largest absolute Gasteiger partial charge is 0.479 e. The first-order valence-corrected chi connectivity index (χ1v) is 6.95. The van der Waals surface area contributed by atoms with Gasteiger partial charge in [0.05, 0.1) is 17.8 Å². The van der Waals surface area contributed by atoms with Crippen molar-refractivity contribution in [2.45, 2.75) is 19.6 Å². The number of carbonyl (C=O) groups excluding carboxylic acids is 1. The number of aromatic carboxylic acids is 1. The number of carbonyl (C=O) groups is 2. The fourth-order valence-corrected chi connectivity index (χ4v) is 2.47. The first kappa shape index (κ1) is 14.1. The summed E-state index contributed by atoms with van der Waals surface area (Å²) in [5.74, 6) is -0.743. The molecule has 5 heteroatoms. The molecule has 1 N–H and O–H groups in total. The van der Waals surface area contributed by atoms with E-state index in [1.807, 2.05) is 30.3 Å². The van der Waals surface area contributed by atoms with Crippen molar-refractivity contribution in [3.05, 3.63) is 59.7 Å². The van der Waals surface area contributed by atoms with Gasteiger partial charge < -0.3 is 14.7 Å². The van der Waals surface area contributed by atoms with Gasteiger partial charge in [-0.3, -0.25) is 4.79 Å². The molecule has 2 aromatic rings. The van der Waals surface area contributed by atoms with E-state index in [1.54, 1.807) is 17.9 Å². The molecule has 0 aliphatic carbocycles. The van der Waals surface area contributed by atoms with Gasteiger partial charge in [-0.05, 0) is 30.7 Å². The average Bonchev–Trinajstić information content (AvgIpc) is 2.52. The van der Waals surface area contributed by atoms with E-state index in [0.29, 0.717) is 18.0 Å². The van der Waals surface area contributed by atoms with Gasteiger partial charge in [-0.2, -0.15) is 0 Å². The van der Waals surface area contributed by atoms with Crippen molar-refractivity contribution < 1.29 is 19.4 Å². The molecule has 0 bridgehead atoms. The van der Waals surface area contributed by atoms with Crippen LogP contribution in [-0.4, -0.2) is 23.1 Å². The van der Waals surface area contributed by atoms with Crippen LogP contribution in [-0.2, 0) is 11.3 Å². The van der Waals surface area contributed by atoms with Crippen LogP contribution in [0.3, 0.4) is 0 Å². The fraction of sp³-hybridized carbons (Fsp3) is 0.176. The number of carboxylic acid groups (broad SMARTS) is 1. The van der Waals surface area contributed by atoms with Crippen LogP contribution in [0, 0.1) is 0 Å². The summed E-state index contributed by atoms with van der Waals surface area (Å²) in [4.78, 5) is 25.1. The predicted octanol–water partition coefficient (Wildman–Crippen LogP) is 2.70. The van der Waals surface area contributed by atoms with Gasteiger partial charge in [0.25, 0.3) is 5.91 Å². The van der Waals surface area contributed by atoms with Crippen LogP contribution in [0.4, 0.5) is 5.69 Å². The highest BCUT2D eigenvalue weighted by molar-refractivity contribution is 6.00. The Labute approximate surface area is 127 Å². The molecular weight excluding hydrogens is 282 g/mol. The molecule has 1 atom stereocenters. The van der Waals surface area contributed by atoms with Crippen molar-refractivity contribution in [2.75, 3.05) is 4.90 Å². The normalized spacial score (nSPS) is 16.9. The molecule has 0 radical (unpaired) electrons. The van der Waals surface area contributed by atoms with Crippen molar-refractivity contribution in [1.29, 1.82) is 0 Å². The second-order valence-corrected chi connectivity index (χ2v) is 5.16. The number of amides is 1. The van der Waals surface area contributed by atoms with E-state index in [-0.39, 0.29) is 11.5 Å². The van der Waals surface area contributed by atoms with Gasteiger partial charge in [0.2, 0.25) is 0 Å². The van der Waals surface area contributed by atoms with Crippen LogP contribution in [0.15, 0.2) is 48.5 Å². The Kier molecular flexibility index (Phi) is 3.55. The number of hydrogen-bond donors (Lipinski definition) is 1. The van der Waals surface area contributed by atoms with E-state index < -0.39 is 12.1 Å². The second-order valence-electron chi connectivity index (χ2n) is 5.16. The number of rotatable bonds is 3. The SMILES string of the molecule is CC1Oc2cc(C(=O)O)ccc2N(Cc2ccccc2)C1=O. The highest BCUT2D eigenvalue weighted by atomic mass is 16.5. The van der Waals surface area contributed by atoms with Crippen LogP contribution in [0.5, 0.6) is 5.75 Å².